The summed E-state index contributed by atoms with van der Waals surface area (Å²) in [7, 11) is 0. The summed E-state index contributed by atoms with van der Waals surface area (Å²) in [4.78, 5) is 13.6. The maximum absolute atomic E-state index is 11.0. The molecule has 1 heterocycles. The first-order valence-corrected chi connectivity index (χ1v) is 8.00. The molecule has 1 N–H and O–H groups in total. The van der Waals surface area contributed by atoms with Crippen molar-refractivity contribution in [3.8, 4) is 0 Å². The summed E-state index contributed by atoms with van der Waals surface area (Å²) in [6.45, 7) is 11.9. The van der Waals surface area contributed by atoms with E-state index >= 15 is 0 Å². The highest BCUT2D eigenvalue weighted by atomic mass is 79.9. The molecule has 1 aliphatic rings. The second kappa shape index (κ2) is 6.90. The number of nitrogens with zero attached hydrogens (tertiary/aromatic N) is 1. The first-order chi connectivity index (χ1) is 8.32. The molecule has 1 saturated heterocycles. The van der Waals surface area contributed by atoms with Crippen molar-refractivity contribution in [1.29, 1.82) is 0 Å². The van der Waals surface area contributed by atoms with Gasteiger partial charge in [0, 0.05) is 37.9 Å². The van der Waals surface area contributed by atoms with Gasteiger partial charge in [0.05, 0.1) is 0 Å². The fourth-order valence-electron chi connectivity index (χ4n) is 2.41. The molecule has 1 aliphatic heterocycles. The number of likely N-dealkylation sites (tertiary alicyclic amines) is 1. The van der Waals surface area contributed by atoms with Crippen LogP contribution in [0.4, 0.5) is 0 Å². The number of carbonyl (C=O) groups excluding carboxylic acids is 1. The normalized spacial score (nSPS) is 20.7. The van der Waals surface area contributed by atoms with Crippen molar-refractivity contribution in [3.63, 3.8) is 0 Å². The van der Waals surface area contributed by atoms with E-state index in [4.69, 9.17) is 0 Å². The third-order valence-electron chi connectivity index (χ3n) is 3.88. The number of amides is 1. The fourth-order valence-corrected chi connectivity index (χ4v) is 3.59. The Hall–Kier alpha value is -0.0900. The molecule has 1 unspecified atom stereocenters. The van der Waals surface area contributed by atoms with Crippen LogP contribution in [0.5, 0.6) is 0 Å². The standard InChI is InChI=1S/C14H27BrN2O/c1-11(18)16-13-5-7-17(8-6-13)10-12(9-15)14(2,3)4/h12-13H,5-10H2,1-4H3,(H,16,18). The summed E-state index contributed by atoms with van der Waals surface area (Å²) in [5, 5.41) is 4.08. The number of nitrogens with one attached hydrogen (secondary N) is 1. The molecule has 1 atom stereocenters. The van der Waals surface area contributed by atoms with E-state index in [-0.39, 0.29) is 5.91 Å². The Labute approximate surface area is 120 Å². The molecule has 0 spiro atoms. The van der Waals surface area contributed by atoms with Crippen molar-refractivity contribution < 1.29 is 4.79 Å². The van der Waals surface area contributed by atoms with Crippen molar-refractivity contribution in [3.05, 3.63) is 0 Å². The highest BCUT2D eigenvalue weighted by molar-refractivity contribution is 9.09. The largest absolute Gasteiger partial charge is 0.354 e. The van der Waals surface area contributed by atoms with Gasteiger partial charge in [0.15, 0.2) is 0 Å². The minimum Gasteiger partial charge on any atom is -0.354 e. The molecule has 0 aromatic heterocycles. The highest BCUT2D eigenvalue weighted by Gasteiger charge is 2.27. The zero-order chi connectivity index (χ0) is 13.8. The van der Waals surface area contributed by atoms with Crippen LogP contribution in [-0.4, -0.2) is 41.8 Å². The maximum atomic E-state index is 11.0. The van der Waals surface area contributed by atoms with E-state index in [2.05, 4.69) is 46.9 Å². The molecule has 0 aromatic rings. The minimum atomic E-state index is 0.0986. The quantitative estimate of drug-likeness (QED) is 0.808. The molecule has 3 nitrogen and oxygen atoms in total. The Morgan fingerprint density at radius 3 is 2.33 bits per heavy atom. The molecule has 0 radical (unpaired) electrons. The number of hydrogen-bond acceptors (Lipinski definition) is 2. The van der Waals surface area contributed by atoms with E-state index in [1.165, 1.54) is 0 Å². The minimum absolute atomic E-state index is 0.0986. The fraction of sp³-hybridized carbons (Fsp3) is 0.929. The van der Waals surface area contributed by atoms with E-state index in [0.29, 0.717) is 17.4 Å². The van der Waals surface area contributed by atoms with Crippen molar-refractivity contribution >= 4 is 21.8 Å². The monoisotopic (exact) mass is 318 g/mol. The van der Waals surface area contributed by atoms with E-state index in [0.717, 1.165) is 37.8 Å². The van der Waals surface area contributed by atoms with Crippen LogP contribution in [0.15, 0.2) is 0 Å². The van der Waals surface area contributed by atoms with Crippen molar-refractivity contribution in [2.75, 3.05) is 25.0 Å². The van der Waals surface area contributed by atoms with Gasteiger partial charge < -0.3 is 10.2 Å². The number of hydrogen-bond donors (Lipinski definition) is 1. The van der Waals surface area contributed by atoms with Gasteiger partial charge in [-0.15, -0.1) is 0 Å². The molecule has 1 rings (SSSR count). The Bertz CT molecular complexity index is 267. The van der Waals surface area contributed by atoms with Gasteiger partial charge >= 0.3 is 0 Å². The number of alkyl halides is 1. The van der Waals surface area contributed by atoms with Crippen LogP contribution in [0.1, 0.15) is 40.5 Å². The lowest BCUT2D eigenvalue weighted by atomic mass is 9.81. The first-order valence-electron chi connectivity index (χ1n) is 6.88. The van der Waals surface area contributed by atoms with Gasteiger partial charge in [0.2, 0.25) is 5.91 Å². The van der Waals surface area contributed by atoms with Gasteiger partial charge in [-0.2, -0.15) is 0 Å². The summed E-state index contributed by atoms with van der Waals surface area (Å²) in [6, 6.07) is 0.385. The second-order valence-corrected chi connectivity index (χ2v) is 7.14. The Kier molecular flexibility index (Phi) is 6.12. The van der Waals surface area contributed by atoms with E-state index in [1.807, 2.05) is 0 Å². The van der Waals surface area contributed by atoms with Gasteiger partial charge in [-0.05, 0) is 24.2 Å². The van der Waals surface area contributed by atoms with Crippen LogP contribution in [0.3, 0.4) is 0 Å². The van der Waals surface area contributed by atoms with Crippen molar-refractivity contribution in [1.82, 2.24) is 10.2 Å². The van der Waals surface area contributed by atoms with Gasteiger partial charge in [0.25, 0.3) is 0 Å². The summed E-state index contributed by atoms with van der Waals surface area (Å²) in [5.74, 6) is 0.774. The van der Waals surface area contributed by atoms with Gasteiger partial charge in [-0.1, -0.05) is 36.7 Å². The first kappa shape index (κ1) is 16.0. The van der Waals surface area contributed by atoms with Gasteiger partial charge in [-0.25, -0.2) is 0 Å². The molecular formula is C14H27BrN2O. The predicted molar refractivity (Wildman–Crippen MR) is 80.0 cm³/mol. The zero-order valence-corrected chi connectivity index (χ0v) is 13.7. The van der Waals surface area contributed by atoms with Crippen LogP contribution in [0.2, 0.25) is 0 Å². The zero-order valence-electron chi connectivity index (χ0n) is 12.1. The maximum Gasteiger partial charge on any atom is 0.217 e. The van der Waals surface area contributed by atoms with Crippen LogP contribution in [-0.2, 0) is 4.79 Å². The van der Waals surface area contributed by atoms with E-state index < -0.39 is 0 Å². The molecular weight excluding hydrogens is 292 g/mol. The average molecular weight is 319 g/mol. The Morgan fingerprint density at radius 1 is 1.39 bits per heavy atom. The van der Waals surface area contributed by atoms with Crippen LogP contribution in [0.25, 0.3) is 0 Å². The molecule has 1 fully saturated rings. The third-order valence-corrected chi connectivity index (χ3v) is 4.67. The van der Waals surface area contributed by atoms with Crippen molar-refractivity contribution in [2.24, 2.45) is 11.3 Å². The molecule has 0 bridgehead atoms. The lowest BCUT2D eigenvalue weighted by Gasteiger charge is -2.38. The van der Waals surface area contributed by atoms with Crippen LogP contribution >= 0.6 is 15.9 Å². The summed E-state index contributed by atoms with van der Waals surface area (Å²) in [6.07, 6.45) is 2.16. The van der Waals surface area contributed by atoms with Gasteiger partial charge in [0.1, 0.15) is 0 Å². The lowest BCUT2D eigenvalue weighted by molar-refractivity contribution is -0.119. The Balaban J connectivity index is 2.37. The number of rotatable bonds is 4. The highest BCUT2D eigenvalue weighted by Crippen LogP contribution is 2.29. The summed E-state index contributed by atoms with van der Waals surface area (Å²) < 4.78 is 0. The van der Waals surface area contributed by atoms with Gasteiger partial charge in [-0.3, -0.25) is 4.79 Å². The summed E-state index contributed by atoms with van der Waals surface area (Å²) in [5.41, 5.74) is 0.345. The van der Waals surface area contributed by atoms with Crippen LogP contribution in [0, 0.1) is 11.3 Å². The predicted octanol–water partition coefficient (Wildman–Crippen LogP) is 2.64. The van der Waals surface area contributed by atoms with Crippen LogP contribution < -0.4 is 5.32 Å². The third kappa shape index (κ3) is 5.27. The molecule has 4 heteroatoms. The topological polar surface area (TPSA) is 32.3 Å². The smallest absolute Gasteiger partial charge is 0.217 e. The average Bonchev–Trinajstić information content (AvgIpc) is 2.25. The lowest BCUT2D eigenvalue weighted by Crippen LogP contribution is -2.46. The van der Waals surface area contributed by atoms with Crippen molar-refractivity contribution in [2.45, 2.75) is 46.6 Å². The second-order valence-electron chi connectivity index (χ2n) is 6.49. The summed E-state index contributed by atoms with van der Waals surface area (Å²) >= 11 is 3.64. The van der Waals surface area contributed by atoms with E-state index in [9.17, 15) is 4.79 Å². The Morgan fingerprint density at radius 2 is 1.94 bits per heavy atom. The molecule has 0 aromatic carbocycles. The van der Waals surface area contributed by atoms with E-state index in [1.54, 1.807) is 6.92 Å². The molecule has 0 aliphatic carbocycles. The SMILES string of the molecule is CC(=O)NC1CCN(CC(CBr)C(C)(C)C)CC1. The molecule has 0 saturated carbocycles. The molecule has 106 valence electrons. The number of piperidine rings is 1. The molecule has 1 amide bonds. The molecule has 18 heavy (non-hydrogen) atoms. The number of halogens is 1. The number of carbonyl (C=O) groups is 1.